The Morgan fingerprint density at radius 2 is 1.55 bits per heavy atom. The molecule has 0 bridgehead atoms. The molecule has 0 saturated heterocycles. The summed E-state index contributed by atoms with van der Waals surface area (Å²) in [6.45, 7) is 3.84. The molecule has 1 heterocycles. The van der Waals surface area contributed by atoms with Crippen LogP contribution in [-0.2, 0) is 9.59 Å². The minimum atomic E-state index is -0.570. The number of halogens is 1. The van der Waals surface area contributed by atoms with E-state index in [0.717, 1.165) is 11.0 Å². The summed E-state index contributed by atoms with van der Waals surface area (Å²) >= 11 is 0. The second-order valence-corrected chi connectivity index (χ2v) is 7.72. The number of amides is 2. The normalized spacial score (nSPS) is 13.7. The molecule has 0 fully saturated rings. The van der Waals surface area contributed by atoms with E-state index in [2.05, 4.69) is 5.32 Å². The van der Waals surface area contributed by atoms with Gasteiger partial charge in [-0.2, -0.15) is 0 Å². The lowest BCUT2D eigenvalue weighted by atomic mass is 10.0. The molecular weight excluding hydrogens is 423 g/mol. The van der Waals surface area contributed by atoms with Gasteiger partial charge in [-0.3, -0.25) is 9.59 Å². The zero-order valence-electron chi connectivity index (χ0n) is 18.5. The summed E-state index contributed by atoms with van der Waals surface area (Å²) in [5.41, 5.74) is 1.60. The first-order valence-electron chi connectivity index (χ1n) is 10.4. The molecule has 3 aromatic carbocycles. The number of ether oxygens (including phenoxy) is 2. The minimum absolute atomic E-state index is 0.000485. The van der Waals surface area contributed by atoms with Crippen LogP contribution in [0.4, 0.5) is 15.8 Å². The SMILES string of the molecule is COc1ccc(NC2=C(c3ccc(OC(C)C)cc3)C(=O)N(c3cccc(F)c3)C2=O)cc1. The molecule has 1 aliphatic rings. The van der Waals surface area contributed by atoms with Crippen molar-refractivity contribution in [2.75, 3.05) is 17.3 Å². The van der Waals surface area contributed by atoms with Crippen LogP contribution in [0.3, 0.4) is 0 Å². The van der Waals surface area contributed by atoms with Crippen molar-refractivity contribution in [3.63, 3.8) is 0 Å². The smallest absolute Gasteiger partial charge is 0.282 e. The van der Waals surface area contributed by atoms with Gasteiger partial charge in [0.2, 0.25) is 0 Å². The lowest BCUT2D eigenvalue weighted by Gasteiger charge is -2.15. The maximum atomic E-state index is 13.9. The number of rotatable bonds is 7. The highest BCUT2D eigenvalue weighted by atomic mass is 19.1. The van der Waals surface area contributed by atoms with E-state index < -0.39 is 17.6 Å². The van der Waals surface area contributed by atoms with Gasteiger partial charge in [-0.25, -0.2) is 9.29 Å². The van der Waals surface area contributed by atoms with Gasteiger partial charge in [-0.15, -0.1) is 0 Å². The van der Waals surface area contributed by atoms with Crippen LogP contribution in [0.5, 0.6) is 11.5 Å². The van der Waals surface area contributed by atoms with Crippen LogP contribution in [0, 0.1) is 5.82 Å². The minimum Gasteiger partial charge on any atom is -0.497 e. The van der Waals surface area contributed by atoms with Gasteiger partial charge in [0.25, 0.3) is 11.8 Å². The number of benzene rings is 3. The van der Waals surface area contributed by atoms with Gasteiger partial charge in [0.1, 0.15) is 23.0 Å². The van der Waals surface area contributed by atoms with Crippen molar-refractivity contribution in [1.29, 1.82) is 0 Å². The molecular formula is C26H23FN2O4. The van der Waals surface area contributed by atoms with E-state index in [1.807, 2.05) is 13.8 Å². The predicted molar refractivity (Wildman–Crippen MR) is 125 cm³/mol. The van der Waals surface area contributed by atoms with E-state index in [1.54, 1.807) is 55.6 Å². The fourth-order valence-corrected chi connectivity index (χ4v) is 3.55. The van der Waals surface area contributed by atoms with Crippen LogP contribution in [0.2, 0.25) is 0 Å². The quantitative estimate of drug-likeness (QED) is 0.517. The molecule has 0 unspecified atom stereocenters. The summed E-state index contributed by atoms with van der Waals surface area (Å²) in [5.74, 6) is -0.344. The molecule has 6 nitrogen and oxygen atoms in total. The largest absolute Gasteiger partial charge is 0.497 e. The molecule has 0 radical (unpaired) electrons. The molecule has 1 aliphatic heterocycles. The summed E-state index contributed by atoms with van der Waals surface area (Å²) in [6.07, 6.45) is 0.000485. The van der Waals surface area contributed by atoms with E-state index in [4.69, 9.17) is 9.47 Å². The molecule has 1 N–H and O–H groups in total. The highest BCUT2D eigenvalue weighted by molar-refractivity contribution is 6.46. The lowest BCUT2D eigenvalue weighted by Crippen LogP contribution is -2.32. The van der Waals surface area contributed by atoms with Crippen LogP contribution < -0.4 is 19.7 Å². The van der Waals surface area contributed by atoms with Gasteiger partial charge in [-0.05, 0) is 74.0 Å². The van der Waals surface area contributed by atoms with E-state index in [1.165, 1.54) is 18.2 Å². The summed E-state index contributed by atoms with van der Waals surface area (Å²) in [5, 5.41) is 3.07. The topological polar surface area (TPSA) is 67.9 Å². The predicted octanol–water partition coefficient (Wildman–Crippen LogP) is 5.02. The molecule has 33 heavy (non-hydrogen) atoms. The van der Waals surface area contributed by atoms with Crippen molar-refractivity contribution in [3.05, 3.63) is 89.9 Å². The number of imide groups is 1. The maximum Gasteiger partial charge on any atom is 0.282 e. The average molecular weight is 446 g/mol. The van der Waals surface area contributed by atoms with Crippen molar-refractivity contribution in [3.8, 4) is 11.5 Å². The molecule has 0 spiro atoms. The van der Waals surface area contributed by atoms with Crippen LogP contribution in [0.25, 0.3) is 5.57 Å². The Balaban J connectivity index is 1.76. The first-order chi connectivity index (χ1) is 15.9. The Hall–Kier alpha value is -4.13. The van der Waals surface area contributed by atoms with Crippen molar-refractivity contribution >= 4 is 28.8 Å². The lowest BCUT2D eigenvalue weighted by molar-refractivity contribution is -0.120. The van der Waals surface area contributed by atoms with Gasteiger partial charge in [0.15, 0.2) is 0 Å². The molecule has 0 atom stereocenters. The fourth-order valence-electron chi connectivity index (χ4n) is 3.55. The van der Waals surface area contributed by atoms with Gasteiger partial charge < -0.3 is 14.8 Å². The zero-order valence-corrected chi connectivity index (χ0v) is 18.5. The van der Waals surface area contributed by atoms with Gasteiger partial charge >= 0.3 is 0 Å². The average Bonchev–Trinajstić information content (AvgIpc) is 3.04. The van der Waals surface area contributed by atoms with E-state index >= 15 is 0 Å². The van der Waals surface area contributed by atoms with Crippen LogP contribution in [0.1, 0.15) is 19.4 Å². The highest BCUT2D eigenvalue weighted by Gasteiger charge is 2.40. The molecule has 3 aromatic rings. The molecule has 168 valence electrons. The first-order valence-corrected chi connectivity index (χ1v) is 10.4. The third-order valence-corrected chi connectivity index (χ3v) is 5.02. The molecule has 0 saturated carbocycles. The molecule has 7 heteroatoms. The van der Waals surface area contributed by atoms with Crippen LogP contribution in [0.15, 0.2) is 78.5 Å². The summed E-state index contributed by atoms with van der Waals surface area (Å²) in [4.78, 5) is 27.8. The van der Waals surface area contributed by atoms with Crippen LogP contribution in [-0.4, -0.2) is 25.0 Å². The second kappa shape index (κ2) is 9.16. The number of nitrogens with one attached hydrogen (secondary N) is 1. The van der Waals surface area contributed by atoms with Crippen molar-refractivity contribution in [2.45, 2.75) is 20.0 Å². The number of anilines is 2. The first kappa shape index (κ1) is 22.1. The molecule has 2 amide bonds. The Kier molecular flexibility index (Phi) is 6.13. The van der Waals surface area contributed by atoms with Gasteiger partial charge in [0, 0.05) is 5.69 Å². The Bertz CT molecular complexity index is 1220. The van der Waals surface area contributed by atoms with E-state index in [9.17, 15) is 14.0 Å². The van der Waals surface area contributed by atoms with E-state index in [0.29, 0.717) is 22.7 Å². The van der Waals surface area contributed by atoms with Crippen molar-refractivity contribution in [1.82, 2.24) is 0 Å². The van der Waals surface area contributed by atoms with E-state index in [-0.39, 0.29) is 23.1 Å². The Morgan fingerprint density at radius 1 is 0.879 bits per heavy atom. The Morgan fingerprint density at radius 3 is 2.15 bits per heavy atom. The number of hydrogen-bond donors (Lipinski definition) is 1. The fraction of sp³-hybridized carbons (Fsp3) is 0.154. The van der Waals surface area contributed by atoms with Crippen molar-refractivity contribution in [2.24, 2.45) is 0 Å². The molecule has 0 aromatic heterocycles. The number of hydrogen-bond acceptors (Lipinski definition) is 5. The van der Waals surface area contributed by atoms with Gasteiger partial charge in [-0.1, -0.05) is 18.2 Å². The highest BCUT2D eigenvalue weighted by Crippen LogP contribution is 2.34. The number of nitrogens with zero attached hydrogens (tertiary/aromatic N) is 1. The van der Waals surface area contributed by atoms with Crippen molar-refractivity contribution < 1.29 is 23.5 Å². The molecule has 4 rings (SSSR count). The van der Waals surface area contributed by atoms with Crippen LogP contribution >= 0.6 is 0 Å². The summed E-state index contributed by atoms with van der Waals surface area (Å²) in [6, 6.07) is 19.3. The summed E-state index contributed by atoms with van der Waals surface area (Å²) < 4.78 is 24.7. The monoisotopic (exact) mass is 446 g/mol. The van der Waals surface area contributed by atoms with Gasteiger partial charge in [0.05, 0.1) is 24.5 Å². The molecule has 0 aliphatic carbocycles. The number of carbonyl (C=O) groups is 2. The third kappa shape index (κ3) is 4.57. The number of methoxy groups -OCH3 is 1. The third-order valence-electron chi connectivity index (χ3n) is 5.02. The second-order valence-electron chi connectivity index (χ2n) is 7.72. The summed E-state index contributed by atoms with van der Waals surface area (Å²) in [7, 11) is 1.56. The number of carbonyl (C=O) groups excluding carboxylic acids is 2. The standard InChI is InChI=1S/C26H23FN2O4/c1-16(2)33-22-11-7-17(8-12-22)23-24(28-19-9-13-21(32-3)14-10-19)26(31)29(25(23)30)20-6-4-5-18(27)15-20/h4-16,28H,1-3H3. The maximum absolute atomic E-state index is 13.9. The Labute approximate surface area is 191 Å². The zero-order chi connectivity index (χ0) is 23.5.